The molecule has 2 aliphatic rings. The van der Waals surface area contributed by atoms with Gasteiger partial charge < -0.3 is 14.6 Å². The third-order valence-corrected chi connectivity index (χ3v) is 4.93. The van der Waals surface area contributed by atoms with Crippen molar-refractivity contribution in [3.8, 4) is 11.3 Å². The van der Waals surface area contributed by atoms with Crippen molar-refractivity contribution in [2.24, 2.45) is 5.92 Å². The fraction of sp³-hybridized carbons (Fsp3) is 0.421. The number of piperidine rings is 1. The van der Waals surface area contributed by atoms with Gasteiger partial charge in [0.2, 0.25) is 0 Å². The number of benzene rings is 1. The van der Waals surface area contributed by atoms with Gasteiger partial charge in [0.25, 0.3) is 5.91 Å². The van der Waals surface area contributed by atoms with Crippen molar-refractivity contribution in [1.29, 1.82) is 0 Å². The first-order chi connectivity index (χ1) is 11.2. The summed E-state index contributed by atoms with van der Waals surface area (Å²) in [4.78, 5) is 14.9. The molecule has 120 valence electrons. The van der Waals surface area contributed by atoms with Gasteiger partial charge in [-0.15, -0.1) is 0 Å². The van der Waals surface area contributed by atoms with E-state index in [1.807, 2.05) is 31.2 Å². The lowest BCUT2D eigenvalue weighted by Gasteiger charge is -2.30. The average molecular weight is 310 g/mol. The van der Waals surface area contributed by atoms with Crippen LogP contribution >= 0.6 is 0 Å². The molecular formula is C19H22N2O2. The van der Waals surface area contributed by atoms with Crippen LogP contribution in [0.15, 0.2) is 40.8 Å². The summed E-state index contributed by atoms with van der Waals surface area (Å²) in [6.45, 7) is 5.39. The molecule has 1 unspecified atom stereocenters. The zero-order valence-corrected chi connectivity index (χ0v) is 13.4. The Morgan fingerprint density at radius 2 is 2.17 bits per heavy atom. The summed E-state index contributed by atoms with van der Waals surface area (Å²) < 4.78 is 5.77. The van der Waals surface area contributed by atoms with Gasteiger partial charge in [-0.25, -0.2) is 0 Å². The van der Waals surface area contributed by atoms with Gasteiger partial charge >= 0.3 is 0 Å². The molecule has 2 bridgehead atoms. The van der Waals surface area contributed by atoms with Crippen molar-refractivity contribution in [2.45, 2.75) is 25.8 Å². The second-order valence-electron chi connectivity index (χ2n) is 6.85. The largest absolute Gasteiger partial charge is 0.451 e. The highest BCUT2D eigenvalue weighted by Gasteiger charge is 2.33. The first-order valence-electron chi connectivity index (χ1n) is 8.37. The second-order valence-corrected chi connectivity index (χ2v) is 6.85. The lowest BCUT2D eigenvalue weighted by atomic mass is 9.97. The quantitative estimate of drug-likeness (QED) is 0.947. The number of fused-ring (bicyclic) bond motifs is 2. The predicted molar refractivity (Wildman–Crippen MR) is 89.3 cm³/mol. The molecule has 2 saturated heterocycles. The van der Waals surface area contributed by atoms with Crippen molar-refractivity contribution in [2.75, 3.05) is 19.6 Å². The van der Waals surface area contributed by atoms with E-state index in [4.69, 9.17) is 4.42 Å². The van der Waals surface area contributed by atoms with E-state index in [-0.39, 0.29) is 11.9 Å². The number of carbonyl (C=O) groups is 1. The monoisotopic (exact) mass is 310 g/mol. The molecule has 2 fully saturated rings. The minimum absolute atomic E-state index is 0.101. The van der Waals surface area contributed by atoms with E-state index in [9.17, 15) is 4.79 Å². The van der Waals surface area contributed by atoms with Crippen LogP contribution < -0.4 is 5.32 Å². The van der Waals surface area contributed by atoms with E-state index < -0.39 is 0 Å². The van der Waals surface area contributed by atoms with Crippen LogP contribution in [0, 0.1) is 12.8 Å². The van der Waals surface area contributed by atoms with Crippen molar-refractivity contribution in [1.82, 2.24) is 10.2 Å². The normalized spacial score (nSPS) is 26.2. The third-order valence-electron chi connectivity index (χ3n) is 4.93. The molecule has 4 nitrogen and oxygen atoms in total. The predicted octanol–water partition coefficient (Wildman–Crippen LogP) is 3.08. The molecule has 4 rings (SSSR count). The zero-order valence-electron chi connectivity index (χ0n) is 13.4. The zero-order chi connectivity index (χ0) is 15.8. The fourth-order valence-corrected chi connectivity index (χ4v) is 3.83. The van der Waals surface area contributed by atoms with Crippen LogP contribution in [0.2, 0.25) is 0 Å². The molecule has 23 heavy (non-hydrogen) atoms. The molecule has 0 saturated carbocycles. The number of hydrogen-bond donors (Lipinski definition) is 1. The summed E-state index contributed by atoms with van der Waals surface area (Å²) in [5, 5.41) is 3.14. The fourth-order valence-electron chi connectivity index (χ4n) is 3.83. The Bertz CT molecular complexity index is 710. The van der Waals surface area contributed by atoms with Gasteiger partial charge in [0, 0.05) is 24.7 Å². The van der Waals surface area contributed by atoms with Gasteiger partial charge in [0.1, 0.15) is 5.76 Å². The Morgan fingerprint density at radius 3 is 3.00 bits per heavy atom. The molecule has 0 radical (unpaired) electrons. The molecule has 1 aromatic carbocycles. The third kappa shape index (κ3) is 3.04. The lowest BCUT2D eigenvalue weighted by Crippen LogP contribution is -2.46. The molecule has 1 amide bonds. The van der Waals surface area contributed by atoms with E-state index in [2.05, 4.69) is 16.3 Å². The van der Waals surface area contributed by atoms with Crippen molar-refractivity contribution in [3.63, 3.8) is 0 Å². The molecule has 2 aromatic rings. The molecule has 1 aromatic heterocycles. The number of aryl methyl sites for hydroxylation is 1. The Balaban J connectivity index is 1.45. The second kappa shape index (κ2) is 5.85. The number of nitrogens with one attached hydrogen (secondary N) is 1. The first kappa shape index (κ1) is 14.5. The van der Waals surface area contributed by atoms with E-state index in [1.165, 1.54) is 25.1 Å². The van der Waals surface area contributed by atoms with Crippen LogP contribution in [0.5, 0.6) is 0 Å². The van der Waals surface area contributed by atoms with E-state index in [1.54, 1.807) is 6.07 Å². The minimum atomic E-state index is -0.101. The Labute approximate surface area is 136 Å². The van der Waals surface area contributed by atoms with Crippen LogP contribution in [0.3, 0.4) is 0 Å². The smallest absolute Gasteiger partial charge is 0.287 e. The number of rotatable bonds is 3. The average Bonchev–Trinajstić information content (AvgIpc) is 3.14. The summed E-state index contributed by atoms with van der Waals surface area (Å²) in [6.07, 6.45) is 2.36. The van der Waals surface area contributed by atoms with E-state index in [0.717, 1.165) is 30.2 Å². The van der Waals surface area contributed by atoms with Crippen LogP contribution in [-0.2, 0) is 0 Å². The van der Waals surface area contributed by atoms with E-state index in [0.29, 0.717) is 5.76 Å². The highest BCUT2D eigenvalue weighted by Crippen LogP contribution is 2.27. The van der Waals surface area contributed by atoms with Gasteiger partial charge in [0.15, 0.2) is 5.76 Å². The SMILES string of the molecule is Cc1cccc(-c2ccc(C(=O)N[C@H]3C[C@H]4CCN(C4)C3)o2)c1. The Kier molecular flexibility index (Phi) is 3.69. The van der Waals surface area contributed by atoms with Crippen LogP contribution in [0.25, 0.3) is 11.3 Å². The standard InChI is InChI=1S/C19H22N2O2/c1-13-3-2-4-15(9-13)17-5-6-18(23-17)19(22)20-16-10-14-7-8-21(11-14)12-16/h2-6,9,14,16H,7-8,10-12H2,1H3,(H,20,22)/t14-,16+/m1/s1. The number of hydrogen-bond acceptors (Lipinski definition) is 3. The molecule has 3 heterocycles. The number of carbonyl (C=O) groups excluding carboxylic acids is 1. The maximum absolute atomic E-state index is 12.4. The molecule has 4 heteroatoms. The summed E-state index contributed by atoms with van der Waals surface area (Å²) in [5.41, 5.74) is 2.18. The van der Waals surface area contributed by atoms with Gasteiger partial charge in [-0.05, 0) is 50.4 Å². The molecule has 0 spiro atoms. The number of amides is 1. The van der Waals surface area contributed by atoms with Gasteiger partial charge in [-0.2, -0.15) is 0 Å². The van der Waals surface area contributed by atoms with Gasteiger partial charge in [0.05, 0.1) is 0 Å². The lowest BCUT2D eigenvalue weighted by molar-refractivity contribution is 0.0882. The summed E-state index contributed by atoms with van der Waals surface area (Å²) in [6, 6.07) is 12.0. The highest BCUT2D eigenvalue weighted by molar-refractivity contribution is 5.92. The summed E-state index contributed by atoms with van der Waals surface area (Å²) in [5.74, 6) is 1.78. The van der Waals surface area contributed by atoms with Crippen LogP contribution in [-0.4, -0.2) is 36.5 Å². The summed E-state index contributed by atoms with van der Waals surface area (Å²) >= 11 is 0. The van der Waals surface area contributed by atoms with Crippen LogP contribution in [0.4, 0.5) is 0 Å². The van der Waals surface area contributed by atoms with Crippen molar-refractivity contribution in [3.05, 3.63) is 47.7 Å². The minimum Gasteiger partial charge on any atom is -0.451 e. The maximum atomic E-state index is 12.4. The highest BCUT2D eigenvalue weighted by atomic mass is 16.3. The topological polar surface area (TPSA) is 45.5 Å². The molecule has 3 atom stereocenters. The maximum Gasteiger partial charge on any atom is 0.287 e. The van der Waals surface area contributed by atoms with Crippen molar-refractivity contribution >= 4 is 5.91 Å². The van der Waals surface area contributed by atoms with Gasteiger partial charge in [-0.1, -0.05) is 23.8 Å². The first-order valence-corrected chi connectivity index (χ1v) is 8.37. The number of furan rings is 1. The molecular weight excluding hydrogens is 288 g/mol. The van der Waals surface area contributed by atoms with Crippen LogP contribution in [0.1, 0.15) is 29.0 Å². The van der Waals surface area contributed by atoms with E-state index >= 15 is 0 Å². The molecule has 0 aliphatic carbocycles. The Morgan fingerprint density at radius 1 is 1.26 bits per heavy atom. The number of nitrogens with zero attached hydrogens (tertiary/aromatic N) is 1. The van der Waals surface area contributed by atoms with Crippen molar-refractivity contribution < 1.29 is 9.21 Å². The molecule has 1 N–H and O–H groups in total. The van der Waals surface area contributed by atoms with Gasteiger partial charge in [-0.3, -0.25) is 4.79 Å². The molecule has 2 aliphatic heterocycles. The summed E-state index contributed by atoms with van der Waals surface area (Å²) in [7, 11) is 0. The Hall–Kier alpha value is -2.07.